The molecular weight excluding hydrogens is 204 g/mol. The van der Waals surface area contributed by atoms with E-state index < -0.39 is 6.10 Å². The van der Waals surface area contributed by atoms with Crippen molar-refractivity contribution in [2.45, 2.75) is 31.4 Å². The molecule has 2 aliphatic rings. The van der Waals surface area contributed by atoms with Crippen LogP contribution in [0.15, 0.2) is 12.2 Å². The Morgan fingerprint density at radius 2 is 2.25 bits per heavy atom. The summed E-state index contributed by atoms with van der Waals surface area (Å²) in [5.74, 6) is 0.292. The minimum atomic E-state index is -0.423. The van der Waals surface area contributed by atoms with Crippen LogP contribution in [0.25, 0.3) is 0 Å². The van der Waals surface area contributed by atoms with Crippen LogP contribution in [0, 0.1) is 5.92 Å². The second kappa shape index (κ2) is 4.97. The van der Waals surface area contributed by atoms with E-state index in [0.717, 1.165) is 19.3 Å². The molecule has 2 rings (SSSR count). The van der Waals surface area contributed by atoms with Gasteiger partial charge in [0.25, 0.3) is 0 Å². The Balaban J connectivity index is 1.95. The largest absolute Gasteiger partial charge is 0.390 e. The fraction of sp³-hybridized carbons (Fsp3) is 0.750. The molecule has 16 heavy (non-hydrogen) atoms. The highest BCUT2D eigenvalue weighted by molar-refractivity contribution is 5.79. The molecule has 2 N–H and O–H groups in total. The normalized spacial score (nSPS) is 34.0. The van der Waals surface area contributed by atoms with E-state index in [1.807, 2.05) is 7.05 Å². The monoisotopic (exact) mass is 224 g/mol. The lowest BCUT2D eigenvalue weighted by Crippen LogP contribution is -2.46. The molecule has 3 atom stereocenters. The van der Waals surface area contributed by atoms with Crippen molar-refractivity contribution in [3.8, 4) is 0 Å². The highest BCUT2D eigenvalue weighted by atomic mass is 16.3. The molecule has 1 fully saturated rings. The summed E-state index contributed by atoms with van der Waals surface area (Å²) in [4.78, 5) is 13.9. The summed E-state index contributed by atoms with van der Waals surface area (Å²) >= 11 is 0. The van der Waals surface area contributed by atoms with Gasteiger partial charge in [0.05, 0.1) is 12.1 Å². The number of allylic oxidation sites excluding steroid dienone is 2. The highest BCUT2D eigenvalue weighted by Crippen LogP contribution is 2.22. The average Bonchev–Trinajstić information content (AvgIpc) is 2.75. The van der Waals surface area contributed by atoms with Crippen molar-refractivity contribution in [2.24, 2.45) is 5.92 Å². The maximum atomic E-state index is 12.2. The molecule has 0 aromatic rings. The lowest BCUT2D eigenvalue weighted by molar-refractivity contribution is -0.137. The summed E-state index contributed by atoms with van der Waals surface area (Å²) in [7, 11) is 1.81. The summed E-state index contributed by atoms with van der Waals surface area (Å²) in [5.41, 5.74) is 0. The Hall–Kier alpha value is -0.870. The fourth-order valence-corrected chi connectivity index (χ4v) is 2.52. The Kier molecular flexibility index (Phi) is 3.61. The fourth-order valence-electron chi connectivity index (χ4n) is 2.52. The van der Waals surface area contributed by atoms with Crippen LogP contribution in [0.5, 0.6) is 0 Å². The maximum Gasteiger partial charge on any atom is 0.226 e. The molecule has 1 amide bonds. The molecule has 1 saturated heterocycles. The molecule has 0 aromatic carbocycles. The molecule has 0 saturated carbocycles. The Morgan fingerprint density at radius 3 is 2.81 bits per heavy atom. The number of rotatable bonds is 2. The number of carbonyl (C=O) groups excluding carboxylic acids is 1. The zero-order chi connectivity index (χ0) is 11.5. The van der Waals surface area contributed by atoms with Crippen molar-refractivity contribution >= 4 is 5.91 Å². The summed E-state index contributed by atoms with van der Waals surface area (Å²) in [5, 5.41) is 12.8. The van der Waals surface area contributed by atoms with Gasteiger partial charge in [0, 0.05) is 26.1 Å². The van der Waals surface area contributed by atoms with Crippen LogP contribution in [-0.2, 0) is 4.79 Å². The van der Waals surface area contributed by atoms with Crippen molar-refractivity contribution in [2.75, 3.05) is 20.1 Å². The zero-order valence-electron chi connectivity index (χ0n) is 9.72. The topological polar surface area (TPSA) is 52.6 Å². The van der Waals surface area contributed by atoms with Crippen molar-refractivity contribution in [1.82, 2.24) is 10.2 Å². The van der Waals surface area contributed by atoms with Gasteiger partial charge < -0.3 is 15.3 Å². The number of aliphatic hydroxyl groups excluding tert-OH is 1. The molecule has 0 radical (unpaired) electrons. The van der Waals surface area contributed by atoms with Crippen molar-refractivity contribution in [1.29, 1.82) is 0 Å². The van der Waals surface area contributed by atoms with E-state index in [-0.39, 0.29) is 17.9 Å². The standard InChI is InChI=1S/C12H20N2O2/c1-14(10-7-13-8-11(10)15)12(16)9-5-3-2-4-6-9/h2-3,9-11,13,15H,4-8H2,1H3/t9?,10-,11-/m0/s1. The number of β-amino-alcohol motifs (C(OH)–C–C–N with tert-alkyl or cyclic N) is 1. The van der Waals surface area contributed by atoms with Crippen LogP contribution < -0.4 is 5.32 Å². The molecule has 1 heterocycles. The Morgan fingerprint density at radius 1 is 1.44 bits per heavy atom. The third kappa shape index (κ3) is 2.28. The summed E-state index contributed by atoms with van der Waals surface area (Å²) in [6.45, 7) is 1.29. The number of nitrogens with zero attached hydrogens (tertiary/aromatic N) is 1. The first-order valence-corrected chi connectivity index (χ1v) is 6.00. The first-order chi connectivity index (χ1) is 7.70. The van der Waals surface area contributed by atoms with Gasteiger partial charge in [-0.25, -0.2) is 0 Å². The number of aliphatic hydroxyl groups is 1. The van der Waals surface area contributed by atoms with Gasteiger partial charge in [-0.05, 0) is 19.3 Å². The van der Waals surface area contributed by atoms with Crippen molar-refractivity contribution in [3.05, 3.63) is 12.2 Å². The van der Waals surface area contributed by atoms with Crippen molar-refractivity contribution in [3.63, 3.8) is 0 Å². The van der Waals surface area contributed by atoms with Gasteiger partial charge in [0.15, 0.2) is 0 Å². The molecule has 1 unspecified atom stereocenters. The van der Waals surface area contributed by atoms with E-state index in [4.69, 9.17) is 0 Å². The highest BCUT2D eigenvalue weighted by Gasteiger charge is 2.33. The predicted molar refractivity (Wildman–Crippen MR) is 61.9 cm³/mol. The van der Waals surface area contributed by atoms with Gasteiger partial charge in [-0.1, -0.05) is 12.2 Å². The van der Waals surface area contributed by atoms with Gasteiger partial charge in [-0.2, -0.15) is 0 Å². The zero-order valence-corrected chi connectivity index (χ0v) is 9.72. The van der Waals surface area contributed by atoms with Crippen LogP contribution in [0.1, 0.15) is 19.3 Å². The molecule has 4 heteroatoms. The molecule has 0 spiro atoms. The number of nitrogens with one attached hydrogen (secondary N) is 1. The molecular formula is C12H20N2O2. The summed E-state index contributed by atoms with van der Waals surface area (Å²) in [6, 6.07) is -0.0570. The minimum Gasteiger partial charge on any atom is -0.390 e. The Labute approximate surface area is 96.3 Å². The second-order valence-corrected chi connectivity index (χ2v) is 4.72. The van der Waals surface area contributed by atoms with E-state index in [1.54, 1.807) is 4.90 Å². The molecule has 90 valence electrons. The van der Waals surface area contributed by atoms with Gasteiger partial charge in [-0.15, -0.1) is 0 Å². The maximum absolute atomic E-state index is 12.2. The molecule has 1 aliphatic heterocycles. The van der Waals surface area contributed by atoms with Gasteiger partial charge >= 0.3 is 0 Å². The van der Waals surface area contributed by atoms with Gasteiger partial charge in [0.1, 0.15) is 0 Å². The van der Waals surface area contributed by atoms with E-state index in [2.05, 4.69) is 17.5 Å². The van der Waals surface area contributed by atoms with Crippen LogP contribution in [0.4, 0.5) is 0 Å². The number of amides is 1. The second-order valence-electron chi connectivity index (χ2n) is 4.72. The third-order valence-electron chi connectivity index (χ3n) is 3.61. The van der Waals surface area contributed by atoms with Crippen LogP contribution in [0.2, 0.25) is 0 Å². The molecule has 1 aliphatic carbocycles. The lowest BCUT2D eigenvalue weighted by Gasteiger charge is -2.30. The number of likely N-dealkylation sites (N-methyl/N-ethyl adjacent to an activating group) is 1. The Bertz CT molecular complexity index is 291. The van der Waals surface area contributed by atoms with E-state index >= 15 is 0 Å². The predicted octanol–water partition coefficient (Wildman–Crippen LogP) is 0.134. The molecule has 4 nitrogen and oxygen atoms in total. The smallest absolute Gasteiger partial charge is 0.226 e. The lowest BCUT2D eigenvalue weighted by atomic mass is 9.92. The average molecular weight is 224 g/mol. The SMILES string of the molecule is CN(C(=O)C1CC=CCC1)[C@H]1CNC[C@@H]1O. The summed E-state index contributed by atoms with van der Waals surface area (Å²) < 4.78 is 0. The third-order valence-corrected chi connectivity index (χ3v) is 3.61. The van der Waals surface area contributed by atoms with Crippen LogP contribution in [-0.4, -0.2) is 48.2 Å². The first kappa shape index (κ1) is 11.6. The van der Waals surface area contributed by atoms with Gasteiger partial charge in [0.2, 0.25) is 5.91 Å². The number of carbonyl (C=O) groups is 1. The van der Waals surface area contributed by atoms with E-state index in [0.29, 0.717) is 13.1 Å². The van der Waals surface area contributed by atoms with E-state index in [1.165, 1.54) is 0 Å². The first-order valence-electron chi connectivity index (χ1n) is 6.00. The van der Waals surface area contributed by atoms with Crippen LogP contribution >= 0.6 is 0 Å². The summed E-state index contributed by atoms with van der Waals surface area (Å²) in [6.07, 6.45) is 6.58. The quantitative estimate of drug-likeness (QED) is 0.656. The molecule has 0 bridgehead atoms. The number of hydrogen-bond donors (Lipinski definition) is 2. The molecule has 0 aromatic heterocycles. The van der Waals surface area contributed by atoms with Crippen LogP contribution in [0.3, 0.4) is 0 Å². The van der Waals surface area contributed by atoms with Crippen molar-refractivity contribution < 1.29 is 9.90 Å². The van der Waals surface area contributed by atoms with Gasteiger partial charge in [-0.3, -0.25) is 4.79 Å². The minimum absolute atomic E-state index is 0.0570. The van der Waals surface area contributed by atoms with E-state index in [9.17, 15) is 9.90 Å². The number of hydrogen-bond acceptors (Lipinski definition) is 3.